The number of carbonyl (C=O) groups is 1. The van der Waals surface area contributed by atoms with Gasteiger partial charge in [0.25, 0.3) is 0 Å². The van der Waals surface area contributed by atoms with Gasteiger partial charge >= 0.3 is 0 Å². The number of likely N-dealkylation sites (N-methyl/N-ethyl adjacent to an activating group) is 1. The summed E-state index contributed by atoms with van der Waals surface area (Å²) in [5.41, 5.74) is 2.69. The van der Waals surface area contributed by atoms with Crippen LogP contribution < -0.4 is 5.32 Å². The minimum Gasteiger partial charge on any atom is -0.394 e. The van der Waals surface area contributed by atoms with Gasteiger partial charge in [-0.2, -0.15) is 5.06 Å². The zero-order valence-corrected chi connectivity index (χ0v) is 27.5. The van der Waals surface area contributed by atoms with E-state index in [4.69, 9.17) is 4.84 Å². The second kappa shape index (κ2) is 13.8. The lowest BCUT2D eigenvalue weighted by Crippen LogP contribution is -2.62. The molecule has 4 aliphatic carbocycles. The van der Waals surface area contributed by atoms with Gasteiger partial charge in [0.15, 0.2) is 0 Å². The highest BCUT2D eigenvalue weighted by Gasteiger charge is 2.57. The number of amides is 1. The molecule has 2 bridgehead atoms. The van der Waals surface area contributed by atoms with Gasteiger partial charge < -0.3 is 20.4 Å². The van der Waals surface area contributed by atoms with Gasteiger partial charge in [-0.1, -0.05) is 64.3 Å². The summed E-state index contributed by atoms with van der Waals surface area (Å²) in [5, 5.41) is 26.1. The predicted molar refractivity (Wildman–Crippen MR) is 170 cm³/mol. The summed E-state index contributed by atoms with van der Waals surface area (Å²) in [4.78, 5) is 25.1. The Morgan fingerprint density at radius 1 is 1.14 bits per heavy atom. The maximum Gasteiger partial charge on any atom is 0.240 e. The number of nitrogens with one attached hydrogen (secondary N) is 1. The Morgan fingerprint density at radius 3 is 2.49 bits per heavy atom. The van der Waals surface area contributed by atoms with Crippen molar-refractivity contribution < 1.29 is 19.8 Å². The topological polar surface area (TPSA) is 88.5 Å². The molecule has 1 aliphatic heterocycles. The van der Waals surface area contributed by atoms with Crippen LogP contribution >= 0.6 is 0 Å². The van der Waals surface area contributed by atoms with Gasteiger partial charge in [-0.15, -0.1) is 0 Å². The average molecular weight is 599 g/mol. The van der Waals surface area contributed by atoms with Gasteiger partial charge in [-0.05, 0) is 81.0 Å². The lowest BCUT2D eigenvalue weighted by atomic mass is 9.45. The number of carbonyl (C=O) groups excluding carboxylic acids is 1. The molecule has 1 aromatic carbocycles. The van der Waals surface area contributed by atoms with Gasteiger partial charge in [0, 0.05) is 37.6 Å². The molecule has 8 heteroatoms. The number of aliphatic hydroxyl groups is 2. The van der Waals surface area contributed by atoms with Crippen LogP contribution in [-0.4, -0.2) is 95.1 Å². The molecule has 1 heterocycles. The molecule has 3 N–H and O–H groups in total. The third-order valence-electron chi connectivity index (χ3n) is 11.7. The summed E-state index contributed by atoms with van der Waals surface area (Å²) in [6, 6.07) is 8.73. The van der Waals surface area contributed by atoms with Gasteiger partial charge in [0.2, 0.25) is 5.91 Å². The van der Waals surface area contributed by atoms with Gasteiger partial charge in [-0.25, -0.2) is 0 Å². The SMILES string of the molecule is C[C@H](O)[C@@H]1[C@H](CO)ON(Cc2cccc(CN(CCN(C)C)C3CCCCC3)c2)[C@@H]1C(=O)N[C@H]1CC2CC([C@H]1C)C2(C)C. The molecule has 43 heavy (non-hydrogen) atoms. The number of hydroxylamine groups is 2. The van der Waals surface area contributed by atoms with Gasteiger partial charge in [-0.3, -0.25) is 14.5 Å². The number of hydrogen-bond acceptors (Lipinski definition) is 7. The maximum atomic E-state index is 14.0. The molecule has 1 aromatic rings. The van der Waals surface area contributed by atoms with Crippen LogP contribution in [0.5, 0.6) is 0 Å². The number of rotatable bonds is 12. The van der Waals surface area contributed by atoms with Crippen LogP contribution in [0, 0.1) is 29.1 Å². The van der Waals surface area contributed by atoms with Crippen molar-refractivity contribution in [1.29, 1.82) is 0 Å². The molecule has 8 atom stereocenters. The Hall–Kier alpha value is -1.55. The van der Waals surface area contributed by atoms with E-state index in [0.717, 1.165) is 31.6 Å². The van der Waals surface area contributed by atoms with Crippen molar-refractivity contribution in [3.05, 3.63) is 35.4 Å². The van der Waals surface area contributed by atoms with Crippen molar-refractivity contribution in [1.82, 2.24) is 20.2 Å². The molecule has 6 rings (SSSR count). The fourth-order valence-corrected chi connectivity index (χ4v) is 8.89. The third kappa shape index (κ3) is 7.15. The molecular formula is C35H58N4O4. The molecule has 1 saturated heterocycles. The van der Waals surface area contributed by atoms with E-state index in [9.17, 15) is 15.0 Å². The van der Waals surface area contributed by atoms with Crippen molar-refractivity contribution in [3.63, 3.8) is 0 Å². The molecule has 5 fully saturated rings. The van der Waals surface area contributed by atoms with Crippen molar-refractivity contribution in [3.8, 4) is 0 Å². The molecule has 5 aliphatic rings. The number of aliphatic hydroxyl groups excluding tert-OH is 2. The van der Waals surface area contributed by atoms with Gasteiger partial charge in [0.05, 0.1) is 19.3 Å². The van der Waals surface area contributed by atoms with Crippen molar-refractivity contribution in [2.75, 3.05) is 33.8 Å². The average Bonchev–Trinajstić information content (AvgIpc) is 3.35. The summed E-state index contributed by atoms with van der Waals surface area (Å²) < 4.78 is 0. The normalized spacial score (nSPS) is 33.5. The van der Waals surface area contributed by atoms with E-state index >= 15 is 0 Å². The monoisotopic (exact) mass is 598 g/mol. The van der Waals surface area contributed by atoms with E-state index in [1.54, 1.807) is 12.0 Å². The first-order valence-electron chi connectivity index (χ1n) is 17.0. The van der Waals surface area contributed by atoms with Gasteiger partial charge in [0.1, 0.15) is 12.1 Å². The summed E-state index contributed by atoms with van der Waals surface area (Å²) >= 11 is 0. The first kappa shape index (κ1) is 32.8. The smallest absolute Gasteiger partial charge is 0.240 e. The predicted octanol–water partition coefficient (Wildman–Crippen LogP) is 4.04. The highest BCUT2D eigenvalue weighted by Crippen LogP contribution is 2.61. The van der Waals surface area contributed by atoms with E-state index in [1.165, 1.54) is 44.1 Å². The van der Waals surface area contributed by atoms with E-state index in [-0.39, 0.29) is 18.6 Å². The lowest BCUT2D eigenvalue weighted by molar-refractivity contribution is -0.183. The Bertz CT molecular complexity index is 1070. The zero-order valence-electron chi connectivity index (χ0n) is 27.5. The first-order valence-corrected chi connectivity index (χ1v) is 17.0. The number of hydrogen-bond donors (Lipinski definition) is 3. The van der Waals surface area contributed by atoms with E-state index < -0.39 is 24.2 Å². The number of benzene rings is 1. The maximum absolute atomic E-state index is 14.0. The molecular weight excluding hydrogens is 540 g/mol. The Balaban J connectivity index is 1.30. The molecule has 0 spiro atoms. The second-order valence-electron chi connectivity index (χ2n) is 15.1. The van der Waals surface area contributed by atoms with E-state index in [0.29, 0.717) is 35.8 Å². The van der Waals surface area contributed by atoms with E-state index in [2.05, 4.69) is 74.2 Å². The molecule has 2 unspecified atom stereocenters. The molecule has 4 saturated carbocycles. The lowest BCUT2D eigenvalue weighted by Gasteiger charge is -2.62. The van der Waals surface area contributed by atoms with Crippen LogP contribution in [0.15, 0.2) is 24.3 Å². The molecule has 8 nitrogen and oxygen atoms in total. The summed E-state index contributed by atoms with van der Waals surface area (Å²) in [7, 11) is 4.28. The second-order valence-corrected chi connectivity index (χ2v) is 15.1. The molecule has 1 amide bonds. The third-order valence-corrected chi connectivity index (χ3v) is 11.7. The molecule has 242 valence electrons. The summed E-state index contributed by atoms with van der Waals surface area (Å²) in [6.45, 7) is 11.9. The zero-order chi connectivity index (χ0) is 30.9. The van der Waals surface area contributed by atoms with Crippen LogP contribution in [0.25, 0.3) is 0 Å². The standard InChI is InChI=1S/C35H58N4O4/c1-23-29-18-27(35(29,3)4)19-30(23)36-34(42)33-32(24(2)41)31(22-40)43-39(33)21-26-12-10-11-25(17-26)20-38(16-15-37(5)6)28-13-8-7-9-14-28/h10-12,17,23-24,27-33,40-41H,7-9,13-16,18-22H2,1-6H3,(H,36,42)/t23-,24+,27?,29?,30+,31+,32-,33+/m1/s1. The van der Waals surface area contributed by atoms with E-state index in [1.807, 2.05) is 0 Å². The summed E-state index contributed by atoms with van der Waals surface area (Å²) in [5.74, 6) is 1.07. The van der Waals surface area contributed by atoms with Crippen LogP contribution in [-0.2, 0) is 22.7 Å². The fraction of sp³-hybridized carbons (Fsp3) is 0.800. The first-order chi connectivity index (χ1) is 20.5. The van der Waals surface area contributed by atoms with Crippen molar-refractivity contribution in [2.45, 2.75) is 116 Å². The largest absolute Gasteiger partial charge is 0.394 e. The van der Waals surface area contributed by atoms with Crippen molar-refractivity contribution in [2.24, 2.45) is 29.1 Å². The van der Waals surface area contributed by atoms with Crippen molar-refractivity contribution >= 4 is 5.91 Å². The Kier molecular flexibility index (Phi) is 10.6. The minimum absolute atomic E-state index is 0.0962. The van der Waals surface area contributed by atoms with Crippen LogP contribution in [0.4, 0.5) is 0 Å². The number of nitrogens with zero attached hydrogens (tertiary/aromatic N) is 3. The molecule has 0 radical (unpaired) electrons. The Morgan fingerprint density at radius 2 is 1.86 bits per heavy atom. The summed E-state index contributed by atoms with van der Waals surface area (Å²) in [6.07, 6.45) is 7.36. The highest BCUT2D eigenvalue weighted by molar-refractivity contribution is 5.82. The quantitative estimate of drug-likeness (QED) is 0.335. The number of fused-ring (bicyclic) bond motifs is 2. The van der Waals surface area contributed by atoms with Crippen LogP contribution in [0.3, 0.4) is 0 Å². The van der Waals surface area contributed by atoms with Crippen LogP contribution in [0.1, 0.15) is 83.8 Å². The highest BCUT2D eigenvalue weighted by atomic mass is 16.7. The Labute approximate surface area is 260 Å². The molecule has 0 aromatic heterocycles. The van der Waals surface area contributed by atoms with Crippen LogP contribution in [0.2, 0.25) is 0 Å². The fourth-order valence-electron chi connectivity index (χ4n) is 8.89. The minimum atomic E-state index is -0.791.